The van der Waals surface area contributed by atoms with Gasteiger partial charge in [-0.05, 0) is 0 Å². The summed E-state index contributed by atoms with van der Waals surface area (Å²) in [6, 6.07) is 0. The number of hydrogen-bond acceptors (Lipinski definition) is 5. The highest BCUT2D eigenvalue weighted by Crippen LogP contribution is 2.18. The predicted molar refractivity (Wildman–Crippen MR) is 30.0 cm³/mol. The minimum absolute atomic E-state index is 0.407. The molecular formula is C5H10O5. The summed E-state index contributed by atoms with van der Waals surface area (Å²) in [6.07, 6.45) is -4.76. The Bertz CT molecular complexity index is 117. The number of ether oxygens (including phenoxy) is 1. The van der Waals surface area contributed by atoms with Crippen molar-refractivity contribution in [3.63, 3.8) is 0 Å². The Kier molecular flexibility index (Phi) is 2.22. The predicted octanol–water partition coefficient (Wildman–Crippen LogP) is -2.58. The summed E-state index contributed by atoms with van der Waals surface area (Å²) in [5.74, 6) is 0. The standard InChI is InChI=1S/C5H10O5/c6-1-2-3(7)4(8)5(9)10-2/h2-9H,1H2/t2-,3?,4?,5?/m0/s1. The van der Waals surface area contributed by atoms with Gasteiger partial charge in [0.2, 0.25) is 0 Å². The van der Waals surface area contributed by atoms with Crippen LogP contribution in [-0.4, -0.2) is 51.6 Å². The van der Waals surface area contributed by atoms with Crippen molar-refractivity contribution in [2.45, 2.75) is 24.6 Å². The van der Waals surface area contributed by atoms with E-state index in [0.717, 1.165) is 0 Å². The molecule has 0 spiro atoms. The number of aliphatic hydroxyl groups excluding tert-OH is 4. The summed E-state index contributed by atoms with van der Waals surface area (Å²) in [6.45, 7) is -0.407. The van der Waals surface area contributed by atoms with Gasteiger partial charge in [0.15, 0.2) is 6.29 Å². The highest BCUT2D eigenvalue weighted by atomic mass is 16.6. The summed E-state index contributed by atoms with van der Waals surface area (Å²) in [5.41, 5.74) is 0. The van der Waals surface area contributed by atoms with E-state index in [-0.39, 0.29) is 0 Å². The average Bonchev–Trinajstić information content (AvgIpc) is 2.17. The topological polar surface area (TPSA) is 90.2 Å². The first-order chi connectivity index (χ1) is 4.66. The van der Waals surface area contributed by atoms with Gasteiger partial charge in [0, 0.05) is 0 Å². The molecule has 1 saturated heterocycles. The fraction of sp³-hybridized carbons (Fsp3) is 1.00. The maximum atomic E-state index is 8.93. The molecule has 4 atom stereocenters. The average molecular weight is 150 g/mol. The van der Waals surface area contributed by atoms with Crippen LogP contribution in [0.15, 0.2) is 0 Å². The first-order valence-electron chi connectivity index (χ1n) is 2.97. The van der Waals surface area contributed by atoms with Gasteiger partial charge >= 0.3 is 0 Å². The van der Waals surface area contributed by atoms with Crippen molar-refractivity contribution in [2.75, 3.05) is 6.61 Å². The van der Waals surface area contributed by atoms with Crippen LogP contribution in [0, 0.1) is 0 Å². The van der Waals surface area contributed by atoms with Crippen molar-refractivity contribution in [2.24, 2.45) is 0 Å². The Balaban J connectivity index is 2.53. The second-order valence-electron chi connectivity index (χ2n) is 2.23. The van der Waals surface area contributed by atoms with Gasteiger partial charge in [0.25, 0.3) is 0 Å². The number of rotatable bonds is 1. The van der Waals surface area contributed by atoms with E-state index in [1.54, 1.807) is 0 Å². The quantitative estimate of drug-likeness (QED) is 0.329. The van der Waals surface area contributed by atoms with Crippen LogP contribution >= 0.6 is 0 Å². The molecule has 0 amide bonds. The number of aliphatic hydroxyl groups is 4. The van der Waals surface area contributed by atoms with Crippen molar-refractivity contribution in [3.05, 3.63) is 0 Å². The molecule has 4 N–H and O–H groups in total. The Morgan fingerprint density at radius 3 is 1.90 bits per heavy atom. The minimum atomic E-state index is -1.38. The lowest BCUT2D eigenvalue weighted by Gasteiger charge is -2.09. The van der Waals surface area contributed by atoms with Gasteiger partial charge < -0.3 is 25.2 Å². The van der Waals surface area contributed by atoms with E-state index < -0.39 is 31.2 Å². The second kappa shape index (κ2) is 2.81. The molecule has 1 fully saturated rings. The Hall–Kier alpha value is -0.200. The molecule has 1 aliphatic heterocycles. The minimum Gasteiger partial charge on any atom is -0.394 e. The van der Waals surface area contributed by atoms with Crippen molar-refractivity contribution in [1.29, 1.82) is 0 Å². The van der Waals surface area contributed by atoms with Crippen LogP contribution in [0.5, 0.6) is 0 Å². The molecule has 1 rings (SSSR count). The molecular weight excluding hydrogens is 140 g/mol. The molecule has 0 bridgehead atoms. The molecule has 0 aromatic heterocycles. The van der Waals surface area contributed by atoms with E-state index in [0.29, 0.717) is 0 Å². The SMILES string of the molecule is OC[C@@H]1OC(O)C(O)C1O. The number of hydrogen-bond donors (Lipinski definition) is 4. The van der Waals surface area contributed by atoms with Crippen molar-refractivity contribution in [1.82, 2.24) is 0 Å². The van der Waals surface area contributed by atoms with Crippen LogP contribution in [0.4, 0.5) is 0 Å². The summed E-state index contributed by atoms with van der Waals surface area (Å²) in [7, 11) is 0. The lowest BCUT2D eigenvalue weighted by molar-refractivity contribution is -0.132. The molecule has 0 radical (unpaired) electrons. The fourth-order valence-corrected chi connectivity index (χ4v) is 0.880. The smallest absolute Gasteiger partial charge is 0.184 e. The largest absolute Gasteiger partial charge is 0.394 e. The molecule has 0 saturated carbocycles. The van der Waals surface area contributed by atoms with Crippen LogP contribution in [0.25, 0.3) is 0 Å². The Labute approximate surface area is 57.5 Å². The Morgan fingerprint density at radius 1 is 1.10 bits per heavy atom. The van der Waals surface area contributed by atoms with Gasteiger partial charge in [0.1, 0.15) is 18.3 Å². The molecule has 5 heteroatoms. The van der Waals surface area contributed by atoms with Gasteiger partial charge in [0.05, 0.1) is 6.61 Å². The zero-order valence-corrected chi connectivity index (χ0v) is 5.21. The van der Waals surface area contributed by atoms with Crippen LogP contribution in [-0.2, 0) is 4.74 Å². The zero-order valence-electron chi connectivity index (χ0n) is 5.21. The summed E-state index contributed by atoms with van der Waals surface area (Å²) >= 11 is 0. The normalized spacial score (nSPS) is 48.0. The molecule has 0 aliphatic carbocycles. The lowest BCUT2D eigenvalue weighted by Crippen LogP contribution is -2.33. The molecule has 0 aromatic carbocycles. The van der Waals surface area contributed by atoms with Gasteiger partial charge in [-0.25, -0.2) is 0 Å². The fourth-order valence-electron chi connectivity index (χ4n) is 0.880. The van der Waals surface area contributed by atoms with E-state index in [1.165, 1.54) is 0 Å². The van der Waals surface area contributed by atoms with Gasteiger partial charge in [-0.2, -0.15) is 0 Å². The molecule has 1 aliphatic rings. The monoisotopic (exact) mass is 150 g/mol. The third-order valence-corrected chi connectivity index (χ3v) is 1.52. The van der Waals surface area contributed by atoms with Crippen molar-refractivity contribution < 1.29 is 25.2 Å². The van der Waals surface area contributed by atoms with Crippen LogP contribution in [0.2, 0.25) is 0 Å². The van der Waals surface area contributed by atoms with E-state index >= 15 is 0 Å². The van der Waals surface area contributed by atoms with Crippen molar-refractivity contribution in [3.8, 4) is 0 Å². The third kappa shape index (κ3) is 1.14. The van der Waals surface area contributed by atoms with Gasteiger partial charge in [-0.15, -0.1) is 0 Å². The summed E-state index contributed by atoms with van der Waals surface area (Å²) in [4.78, 5) is 0. The molecule has 0 aromatic rings. The molecule has 1 heterocycles. The second-order valence-corrected chi connectivity index (χ2v) is 2.23. The van der Waals surface area contributed by atoms with E-state index in [9.17, 15) is 0 Å². The molecule has 5 nitrogen and oxygen atoms in total. The molecule has 60 valence electrons. The maximum absolute atomic E-state index is 8.93. The van der Waals surface area contributed by atoms with Crippen LogP contribution in [0.1, 0.15) is 0 Å². The van der Waals surface area contributed by atoms with E-state index in [2.05, 4.69) is 4.74 Å². The highest BCUT2D eigenvalue weighted by molar-refractivity contribution is 4.84. The summed E-state index contributed by atoms with van der Waals surface area (Å²) in [5, 5.41) is 35.0. The molecule has 10 heavy (non-hydrogen) atoms. The van der Waals surface area contributed by atoms with Gasteiger partial charge in [-0.1, -0.05) is 0 Å². The highest BCUT2D eigenvalue weighted by Gasteiger charge is 2.41. The first-order valence-corrected chi connectivity index (χ1v) is 2.97. The zero-order chi connectivity index (χ0) is 7.72. The van der Waals surface area contributed by atoms with Gasteiger partial charge in [-0.3, -0.25) is 0 Å². The molecule has 3 unspecified atom stereocenters. The van der Waals surface area contributed by atoms with Crippen molar-refractivity contribution >= 4 is 0 Å². The first kappa shape index (κ1) is 7.90. The van der Waals surface area contributed by atoms with E-state index in [4.69, 9.17) is 20.4 Å². The van der Waals surface area contributed by atoms with E-state index in [1.807, 2.05) is 0 Å². The third-order valence-electron chi connectivity index (χ3n) is 1.52. The van der Waals surface area contributed by atoms with Crippen LogP contribution < -0.4 is 0 Å². The Morgan fingerprint density at radius 2 is 1.70 bits per heavy atom. The van der Waals surface area contributed by atoms with Crippen LogP contribution in [0.3, 0.4) is 0 Å². The maximum Gasteiger partial charge on any atom is 0.184 e. The lowest BCUT2D eigenvalue weighted by atomic mass is 10.1. The summed E-state index contributed by atoms with van der Waals surface area (Å²) < 4.78 is 4.54.